The highest BCUT2D eigenvalue weighted by Crippen LogP contribution is 2.21. The standard InChI is InChI=1S/C21H18O6/c1-12-4-6-14(7-5-12)19(22)13(2)26-20(23)17-11-15-10-16(25-3)8-9-18(15)27-21(17)24/h4-11,13H,1-3H3. The number of rotatable bonds is 5. The summed E-state index contributed by atoms with van der Waals surface area (Å²) in [4.78, 5) is 36.9. The third-order valence-corrected chi connectivity index (χ3v) is 4.15. The Morgan fingerprint density at radius 1 is 1.04 bits per heavy atom. The Kier molecular flexibility index (Phi) is 5.07. The van der Waals surface area contributed by atoms with Gasteiger partial charge in [-0.05, 0) is 38.1 Å². The molecule has 0 spiro atoms. The van der Waals surface area contributed by atoms with Gasteiger partial charge in [0.25, 0.3) is 0 Å². The fraction of sp³-hybridized carbons (Fsp3) is 0.190. The van der Waals surface area contributed by atoms with Crippen molar-refractivity contribution >= 4 is 22.7 Å². The Morgan fingerprint density at radius 2 is 1.74 bits per heavy atom. The van der Waals surface area contributed by atoms with Gasteiger partial charge in [0, 0.05) is 10.9 Å². The van der Waals surface area contributed by atoms with Crippen LogP contribution in [0.4, 0.5) is 0 Å². The van der Waals surface area contributed by atoms with Crippen molar-refractivity contribution < 1.29 is 23.5 Å². The minimum atomic E-state index is -1.04. The van der Waals surface area contributed by atoms with Crippen molar-refractivity contribution in [2.24, 2.45) is 0 Å². The Bertz CT molecular complexity index is 1060. The third kappa shape index (κ3) is 3.89. The molecule has 0 saturated heterocycles. The zero-order valence-corrected chi connectivity index (χ0v) is 15.1. The summed E-state index contributed by atoms with van der Waals surface area (Å²) < 4.78 is 15.5. The largest absolute Gasteiger partial charge is 0.497 e. The molecule has 0 aliphatic rings. The molecule has 0 bridgehead atoms. The van der Waals surface area contributed by atoms with E-state index in [-0.39, 0.29) is 11.3 Å². The van der Waals surface area contributed by atoms with Gasteiger partial charge in [-0.2, -0.15) is 0 Å². The first-order chi connectivity index (χ1) is 12.9. The molecule has 0 saturated carbocycles. The van der Waals surface area contributed by atoms with Crippen LogP contribution in [0.15, 0.2) is 57.7 Å². The maximum atomic E-state index is 12.4. The molecule has 1 heterocycles. The van der Waals surface area contributed by atoms with Crippen molar-refractivity contribution in [1.29, 1.82) is 0 Å². The highest BCUT2D eigenvalue weighted by molar-refractivity contribution is 6.01. The lowest BCUT2D eigenvalue weighted by atomic mass is 10.1. The molecular weight excluding hydrogens is 348 g/mol. The first-order valence-corrected chi connectivity index (χ1v) is 8.33. The molecule has 0 amide bonds. The first kappa shape index (κ1) is 18.4. The third-order valence-electron chi connectivity index (χ3n) is 4.15. The summed E-state index contributed by atoms with van der Waals surface area (Å²) in [6, 6.07) is 13.2. The predicted molar refractivity (Wildman–Crippen MR) is 99.4 cm³/mol. The number of hydrogen-bond donors (Lipinski definition) is 0. The van der Waals surface area contributed by atoms with Crippen LogP contribution in [0.3, 0.4) is 0 Å². The van der Waals surface area contributed by atoms with Gasteiger partial charge in [-0.15, -0.1) is 0 Å². The Balaban J connectivity index is 1.84. The highest BCUT2D eigenvalue weighted by atomic mass is 16.5. The highest BCUT2D eigenvalue weighted by Gasteiger charge is 2.23. The normalized spacial score (nSPS) is 11.8. The zero-order valence-electron chi connectivity index (χ0n) is 15.1. The zero-order chi connectivity index (χ0) is 19.6. The van der Waals surface area contributed by atoms with Gasteiger partial charge in [0.15, 0.2) is 6.10 Å². The van der Waals surface area contributed by atoms with E-state index < -0.39 is 17.7 Å². The van der Waals surface area contributed by atoms with Crippen LogP contribution in [-0.4, -0.2) is 25.0 Å². The fourth-order valence-electron chi connectivity index (χ4n) is 2.60. The molecule has 0 aliphatic heterocycles. The summed E-state index contributed by atoms with van der Waals surface area (Å²) in [7, 11) is 1.51. The molecule has 6 nitrogen and oxygen atoms in total. The second kappa shape index (κ2) is 7.45. The molecule has 0 fully saturated rings. The van der Waals surface area contributed by atoms with Crippen LogP contribution in [0.1, 0.15) is 33.2 Å². The maximum absolute atomic E-state index is 12.4. The van der Waals surface area contributed by atoms with Gasteiger partial charge in [0.1, 0.15) is 16.9 Å². The first-order valence-electron chi connectivity index (χ1n) is 8.33. The number of aryl methyl sites for hydroxylation is 1. The van der Waals surface area contributed by atoms with Crippen molar-refractivity contribution in [2.75, 3.05) is 7.11 Å². The van der Waals surface area contributed by atoms with Gasteiger partial charge < -0.3 is 13.9 Å². The fourth-order valence-corrected chi connectivity index (χ4v) is 2.60. The molecule has 0 aliphatic carbocycles. The van der Waals surface area contributed by atoms with Crippen molar-refractivity contribution in [3.63, 3.8) is 0 Å². The molecule has 1 unspecified atom stereocenters. The van der Waals surface area contributed by atoms with Gasteiger partial charge in [-0.3, -0.25) is 4.79 Å². The van der Waals surface area contributed by atoms with E-state index in [9.17, 15) is 14.4 Å². The van der Waals surface area contributed by atoms with Crippen molar-refractivity contribution in [3.8, 4) is 5.75 Å². The monoisotopic (exact) mass is 366 g/mol. The number of methoxy groups -OCH3 is 1. The molecule has 6 heteroatoms. The summed E-state index contributed by atoms with van der Waals surface area (Å²) in [5, 5.41) is 0.512. The molecular formula is C21H18O6. The van der Waals surface area contributed by atoms with E-state index in [0.29, 0.717) is 22.3 Å². The summed E-state index contributed by atoms with van der Waals surface area (Å²) in [6.45, 7) is 3.37. The smallest absolute Gasteiger partial charge is 0.351 e. The van der Waals surface area contributed by atoms with E-state index in [4.69, 9.17) is 13.9 Å². The number of carbonyl (C=O) groups excluding carboxylic acids is 2. The van der Waals surface area contributed by atoms with Gasteiger partial charge in [0.2, 0.25) is 5.78 Å². The van der Waals surface area contributed by atoms with Crippen LogP contribution in [0.5, 0.6) is 5.75 Å². The lowest BCUT2D eigenvalue weighted by molar-refractivity contribution is 0.0315. The number of ether oxygens (including phenoxy) is 2. The van der Waals surface area contributed by atoms with E-state index in [1.54, 1.807) is 42.5 Å². The number of Topliss-reactive ketones (excluding diaryl/α,β-unsaturated/α-hetero) is 1. The summed E-state index contributed by atoms with van der Waals surface area (Å²) in [6.07, 6.45) is -1.04. The number of esters is 1. The van der Waals surface area contributed by atoms with Crippen LogP contribution in [0, 0.1) is 6.92 Å². The van der Waals surface area contributed by atoms with Crippen LogP contribution in [-0.2, 0) is 4.74 Å². The van der Waals surface area contributed by atoms with E-state index >= 15 is 0 Å². The summed E-state index contributed by atoms with van der Waals surface area (Å²) in [5.74, 6) is -0.713. The molecule has 3 aromatic rings. The summed E-state index contributed by atoms with van der Waals surface area (Å²) >= 11 is 0. The molecule has 1 atom stereocenters. The van der Waals surface area contributed by atoms with Crippen LogP contribution in [0.25, 0.3) is 11.0 Å². The van der Waals surface area contributed by atoms with Gasteiger partial charge in [-0.25, -0.2) is 9.59 Å². The lowest BCUT2D eigenvalue weighted by Gasteiger charge is -2.12. The quantitative estimate of drug-likeness (QED) is 0.390. The number of ketones is 1. The second-order valence-electron chi connectivity index (χ2n) is 6.13. The van der Waals surface area contributed by atoms with Gasteiger partial charge >= 0.3 is 11.6 Å². The topological polar surface area (TPSA) is 82.8 Å². The average molecular weight is 366 g/mol. The molecule has 27 heavy (non-hydrogen) atoms. The van der Waals surface area contributed by atoms with Gasteiger partial charge in [-0.1, -0.05) is 29.8 Å². The Morgan fingerprint density at radius 3 is 2.41 bits per heavy atom. The van der Waals surface area contributed by atoms with Crippen molar-refractivity contribution in [3.05, 3.63) is 75.6 Å². The van der Waals surface area contributed by atoms with Crippen LogP contribution >= 0.6 is 0 Å². The van der Waals surface area contributed by atoms with E-state index in [0.717, 1.165) is 5.56 Å². The Labute approximate surface area is 155 Å². The number of hydrogen-bond acceptors (Lipinski definition) is 6. The molecule has 1 aromatic heterocycles. The van der Waals surface area contributed by atoms with Crippen molar-refractivity contribution in [1.82, 2.24) is 0 Å². The van der Waals surface area contributed by atoms with E-state index in [1.165, 1.54) is 20.1 Å². The van der Waals surface area contributed by atoms with E-state index in [1.807, 2.05) is 6.92 Å². The maximum Gasteiger partial charge on any atom is 0.351 e. The average Bonchev–Trinajstić information content (AvgIpc) is 2.67. The molecule has 138 valence electrons. The van der Waals surface area contributed by atoms with Crippen molar-refractivity contribution in [2.45, 2.75) is 20.0 Å². The van der Waals surface area contributed by atoms with E-state index in [2.05, 4.69) is 0 Å². The molecule has 0 radical (unpaired) electrons. The number of fused-ring (bicyclic) bond motifs is 1. The molecule has 0 N–H and O–H groups in total. The van der Waals surface area contributed by atoms with Gasteiger partial charge in [0.05, 0.1) is 7.11 Å². The number of benzene rings is 2. The van der Waals surface area contributed by atoms with Crippen LogP contribution in [0.2, 0.25) is 0 Å². The molecule has 3 rings (SSSR count). The lowest BCUT2D eigenvalue weighted by Crippen LogP contribution is -2.27. The predicted octanol–water partition coefficient (Wildman–Crippen LogP) is 3.54. The Hall–Kier alpha value is -3.41. The minimum Gasteiger partial charge on any atom is -0.497 e. The minimum absolute atomic E-state index is 0.278. The second-order valence-corrected chi connectivity index (χ2v) is 6.13. The summed E-state index contributed by atoms with van der Waals surface area (Å²) in [5.41, 5.74) is 0.657. The SMILES string of the molecule is COc1ccc2oc(=O)c(C(=O)OC(C)C(=O)c3ccc(C)cc3)cc2c1. The van der Waals surface area contributed by atoms with Crippen LogP contribution < -0.4 is 10.4 Å². The molecule has 2 aromatic carbocycles. The number of carbonyl (C=O) groups is 2.